The third-order valence-corrected chi connectivity index (χ3v) is 5.58. The zero-order valence-corrected chi connectivity index (χ0v) is 12.9. The van der Waals surface area contributed by atoms with E-state index in [1.54, 1.807) is 0 Å². The second-order valence-corrected chi connectivity index (χ2v) is 7.09. The van der Waals surface area contributed by atoms with Gasteiger partial charge < -0.3 is 4.42 Å². The van der Waals surface area contributed by atoms with Gasteiger partial charge in [-0.2, -0.15) is 4.31 Å². The molecule has 0 N–H and O–H groups in total. The highest BCUT2D eigenvalue weighted by molar-refractivity contribution is 7.89. The Hall–Kier alpha value is -1.92. The lowest BCUT2D eigenvalue weighted by molar-refractivity contribution is 0.431. The van der Waals surface area contributed by atoms with E-state index < -0.39 is 15.8 Å². The number of nitrogens with zero attached hydrogens (tertiary/aromatic N) is 1. The number of furan rings is 1. The highest BCUT2D eigenvalue weighted by Crippen LogP contribution is 2.27. The molecule has 2 heterocycles. The van der Waals surface area contributed by atoms with Gasteiger partial charge in [0.25, 0.3) is 0 Å². The van der Waals surface area contributed by atoms with Crippen molar-refractivity contribution in [2.75, 3.05) is 13.1 Å². The second kappa shape index (κ2) is 5.70. The molecule has 0 radical (unpaired) electrons. The fraction of sp³-hybridized carbons (Fsp3) is 0.250. The number of hydrogen-bond acceptors (Lipinski definition) is 3. The third kappa shape index (κ3) is 2.71. The number of hydrogen-bond donors (Lipinski definition) is 0. The van der Waals surface area contributed by atoms with Gasteiger partial charge in [-0.15, -0.1) is 0 Å². The maximum absolute atomic E-state index is 13.7. The molecule has 6 heteroatoms. The molecule has 3 rings (SSSR count). The third-order valence-electron chi connectivity index (χ3n) is 3.68. The van der Waals surface area contributed by atoms with Crippen LogP contribution in [0.4, 0.5) is 4.39 Å². The molecule has 0 spiro atoms. The van der Waals surface area contributed by atoms with Crippen LogP contribution in [0.15, 0.2) is 51.8 Å². The molecule has 116 valence electrons. The summed E-state index contributed by atoms with van der Waals surface area (Å²) in [5.41, 5.74) is 0.980. The molecule has 22 heavy (non-hydrogen) atoms. The standard InChI is InChI=1S/C16H16FNO3S/c1-12-6-7-15(21-12)13-8-10-18(11-9-13)22(19,20)16-5-3-2-4-14(16)17/h2-8H,9-11H2,1H3. The van der Waals surface area contributed by atoms with E-state index in [2.05, 4.69) is 0 Å². The Balaban J connectivity index is 1.84. The molecule has 1 aliphatic heterocycles. The van der Waals surface area contributed by atoms with Crippen LogP contribution in [0.2, 0.25) is 0 Å². The number of sulfonamides is 1. The van der Waals surface area contributed by atoms with Gasteiger partial charge in [0, 0.05) is 13.1 Å². The molecule has 0 bridgehead atoms. The molecular weight excluding hydrogens is 305 g/mol. The Labute approximate surface area is 128 Å². The Morgan fingerprint density at radius 1 is 1.18 bits per heavy atom. The van der Waals surface area contributed by atoms with Crippen molar-refractivity contribution in [1.29, 1.82) is 0 Å². The van der Waals surface area contributed by atoms with Crippen molar-refractivity contribution in [3.8, 4) is 0 Å². The number of halogens is 1. The normalized spacial score (nSPS) is 16.5. The van der Waals surface area contributed by atoms with E-state index in [1.807, 2.05) is 25.1 Å². The molecular formula is C16H16FNO3S. The molecule has 0 fully saturated rings. The van der Waals surface area contributed by atoms with E-state index >= 15 is 0 Å². The molecule has 0 amide bonds. The van der Waals surface area contributed by atoms with E-state index in [9.17, 15) is 12.8 Å². The number of benzene rings is 1. The van der Waals surface area contributed by atoms with E-state index in [-0.39, 0.29) is 11.4 Å². The zero-order valence-electron chi connectivity index (χ0n) is 12.1. The predicted molar refractivity (Wildman–Crippen MR) is 81.2 cm³/mol. The van der Waals surface area contributed by atoms with Crippen molar-refractivity contribution >= 4 is 15.6 Å². The van der Waals surface area contributed by atoms with Crippen LogP contribution in [0.25, 0.3) is 5.57 Å². The maximum Gasteiger partial charge on any atom is 0.246 e. The molecule has 4 nitrogen and oxygen atoms in total. The molecule has 1 aromatic heterocycles. The van der Waals surface area contributed by atoms with Gasteiger partial charge in [-0.25, -0.2) is 12.8 Å². The van der Waals surface area contributed by atoms with Crippen molar-refractivity contribution in [3.63, 3.8) is 0 Å². The first-order chi connectivity index (χ1) is 10.5. The van der Waals surface area contributed by atoms with Crippen molar-refractivity contribution < 1.29 is 17.2 Å². The van der Waals surface area contributed by atoms with E-state index in [0.29, 0.717) is 13.0 Å². The Morgan fingerprint density at radius 2 is 1.95 bits per heavy atom. The van der Waals surface area contributed by atoms with Crippen molar-refractivity contribution in [1.82, 2.24) is 4.31 Å². The van der Waals surface area contributed by atoms with Crippen LogP contribution < -0.4 is 0 Å². The minimum absolute atomic E-state index is 0.214. The first kappa shape index (κ1) is 15.0. The monoisotopic (exact) mass is 321 g/mol. The molecule has 0 saturated carbocycles. The first-order valence-corrected chi connectivity index (χ1v) is 8.43. The van der Waals surface area contributed by atoms with Gasteiger partial charge in [-0.3, -0.25) is 0 Å². The van der Waals surface area contributed by atoms with Gasteiger partial charge in [0.05, 0.1) is 0 Å². The van der Waals surface area contributed by atoms with E-state index in [1.165, 1.54) is 22.5 Å². The highest BCUT2D eigenvalue weighted by Gasteiger charge is 2.29. The van der Waals surface area contributed by atoms with Crippen LogP contribution in [0.1, 0.15) is 17.9 Å². The Bertz CT molecular complexity index is 823. The van der Waals surface area contributed by atoms with E-state index in [4.69, 9.17) is 4.42 Å². The van der Waals surface area contributed by atoms with Crippen LogP contribution in [-0.2, 0) is 10.0 Å². The first-order valence-electron chi connectivity index (χ1n) is 6.99. The van der Waals surface area contributed by atoms with Gasteiger partial charge in [-0.1, -0.05) is 18.2 Å². The van der Waals surface area contributed by atoms with Crippen molar-refractivity contribution in [3.05, 3.63) is 59.8 Å². The largest absolute Gasteiger partial charge is 0.462 e. The van der Waals surface area contributed by atoms with Gasteiger partial charge in [0.2, 0.25) is 10.0 Å². The summed E-state index contributed by atoms with van der Waals surface area (Å²) >= 11 is 0. The van der Waals surface area contributed by atoms with Gasteiger partial charge in [-0.05, 0) is 43.2 Å². The number of rotatable bonds is 3. The van der Waals surface area contributed by atoms with E-state index in [0.717, 1.165) is 23.2 Å². The zero-order chi connectivity index (χ0) is 15.7. The smallest absolute Gasteiger partial charge is 0.246 e. The second-order valence-electron chi connectivity index (χ2n) is 5.18. The molecule has 0 atom stereocenters. The summed E-state index contributed by atoms with van der Waals surface area (Å²) < 4.78 is 45.6. The SMILES string of the molecule is Cc1ccc(C2=CCN(S(=O)(=O)c3ccccc3F)CC2)o1. The van der Waals surface area contributed by atoms with Crippen molar-refractivity contribution in [2.24, 2.45) is 0 Å². The molecule has 0 aliphatic carbocycles. The summed E-state index contributed by atoms with van der Waals surface area (Å²) in [6, 6.07) is 9.19. The fourth-order valence-corrected chi connectivity index (χ4v) is 3.94. The summed E-state index contributed by atoms with van der Waals surface area (Å²) in [5, 5.41) is 0. The van der Waals surface area contributed by atoms with Crippen LogP contribution in [-0.4, -0.2) is 25.8 Å². The van der Waals surface area contributed by atoms with Crippen LogP contribution in [0.5, 0.6) is 0 Å². The minimum Gasteiger partial charge on any atom is -0.462 e. The van der Waals surface area contributed by atoms with Crippen molar-refractivity contribution in [2.45, 2.75) is 18.2 Å². The van der Waals surface area contributed by atoms with Crippen LogP contribution in [0.3, 0.4) is 0 Å². The summed E-state index contributed by atoms with van der Waals surface area (Å²) in [6.07, 6.45) is 2.36. The summed E-state index contributed by atoms with van der Waals surface area (Å²) in [4.78, 5) is -0.277. The minimum atomic E-state index is -3.81. The summed E-state index contributed by atoms with van der Waals surface area (Å²) in [7, 11) is -3.81. The summed E-state index contributed by atoms with van der Waals surface area (Å²) in [6.45, 7) is 2.38. The average Bonchev–Trinajstić information content (AvgIpc) is 2.94. The molecule has 1 aromatic carbocycles. The molecule has 2 aromatic rings. The number of aryl methyl sites for hydroxylation is 1. The van der Waals surface area contributed by atoms with Crippen LogP contribution in [0, 0.1) is 12.7 Å². The summed E-state index contributed by atoms with van der Waals surface area (Å²) in [5.74, 6) is 0.858. The molecule has 1 aliphatic rings. The lowest BCUT2D eigenvalue weighted by Gasteiger charge is -2.25. The Morgan fingerprint density at radius 3 is 2.55 bits per heavy atom. The van der Waals surface area contributed by atoms with Gasteiger partial charge in [0.15, 0.2) is 0 Å². The maximum atomic E-state index is 13.7. The van der Waals surface area contributed by atoms with Gasteiger partial charge >= 0.3 is 0 Å². The topological polar surface area (TPSA) is 50.5 Å². The molecule has 0 unspecified atom stereocenters. The lowest BCUT2D eigenvalue weighted by Crippen LogP contribution is -2.35. The Kier molecular flexibility index (Phi) is 3.88. The lowest BCUT2D eigenvalue weighted by atomic mass is 10.1. The molecule has 0 saturated heterocycles. The highest BCUT2D eigenvalue weighted by atomic mass is 32.2. The fourth-order valence-electron chi connectivity index (χ4n) is 2.49. The quantitative estimate of drug-likeness (QED) is 0.872. The van der Waals surface area contributed by atoms with Gasteiger partial charge in [0.1, 0.15) is 22.2 Å². The van der Waals surface area contributed by atoms with Crippen LogP contribution >= 0.6 is 0 Å². The average molecular weight is 321 g/mol. The predicted octanol–water partition coefficient (Wildman–Crippen LogP) is 3.21.